The number of thiophene rings is 1. The molecule has 1 atom stereocenters. The Bertz CT molecular complexity index is 1190. The first-order valence-corrected chi connectivity index (χ1v) is 12.0. The fourth-order valence-electron chi connectivity index (χ4n) is 3.78. The lowest BCUT2D eigenvalue weighted by Crippen LogP contribution is -2.30. The monoisotopic (exact) mass is 478 g/mol. The molecule has 34 heavy (non-hydrogen) atoms. The number of carbonyl (C=O) groups excluding carboxylic acids is 3. The van der Waals surface area contributed by atoms with Crippen LogP contribution in [0.1, 0.15) is 47.5 Å². The predicted molar refractivity (Wildman–Crippen MR) is 132 cm³/mol. The number of fused-ring (bicyclic) bond motifs is 1. The van der Waals surface area contributed by atoms with Gasteiger partial charge < -0.3 is 20.1 Å². The molecule has 0 saturated heterocycles. The summed E-state index contributed by atoms with van der Waals surface area (Å²) in [6.07, 6.45) is 2.64. The molecule has 0 radical (unpaired) electrons. The lowest BCUT2D eigenvalue weighted by molar-refractivity contribution is -0.123. The molecule has 0 bridgehead atoms. The van der Waals surface area contributed by atoms with E-state index in [1.54, 1.807) is 24.3 Å². The Morgan fingerprint density at radius 2 is 1.59 bits per heavy atom. The van der Waals surface area contributed by atoms with E-state index >= 15 is 0 Å². The minimum absolute atomic E-state index is 0.252. The number of ether oxygens (including phenoxy) is 2. The number of aryl methyl sites for hydroxylation is 1. The molecule has 0 spiro atoms. The summed E-state index contributed by atoms with van der Waals surface area (Å²) in [7, 11) is 0. The van der Waals surface area contributed by atoms with Crippen molar-refractivity contribution in [1.29, 1.82) is 0 Å². The number of esters is 1. The highest BCUT2D eigenvalue weighted by Gasteiger charge is 2.29. The van der Waals surface area contributed by atoms with Crippen LogP contribution in [0, 0.1) is 0 Å². The highest BCUT2D eigenvalue weighted by Crippen LogP contribution is 2.38. The highest BCUT2D eigenvalue weighted by atomic mass is 32.1. The van der Waals surface area contributed by atoms with E-state index < -0.39 is 18.0 Å². The molecule has 2 N–H and O–H groups in total. The van der Waals surface area contributed by atoms with Gasteiger partial charge in [0.1, 0.15) is 16.5 Å². The normalized spacial score (nSPS) is 13.4. The maximum Gasteiger partial charge on any atom is 0.342 e. The van der Waals surface area contributed by atoms with Crippen LogP contribution in [-0.4, -0.2) is 23.9 Å². The van der Waals surface area contributed by atoms with E-state index in [0.29, 0.717) is 27.8 Å². The van der Waals surface area contributed by atoms with Crippen molar-refractivity contribution in [3.05, 3.63) is 70.6 Å². The smallest absolute Gasteiger partial charge is 0.342 e. The number of anilines is 2. The van der Waals surface area contributed by atoms with Gasteiger partial charge in [-0.25, -0.2) is 4.79 Å². The van der Waals surface area contributed by atoms with Gasteiger partial charge in [-0.15, -0.1) is 11.3 Å². The third-order valence-electron chi connectivity index (χ3n) is 5.42. The van der Waals surface area contributed by atoms with Gasteiger partial charge in [-0.3, -0.25) is 9.59 Å². The van der Waals surface area contributed by atoms with Crippen molar-refractivity contribution in [2.75, 3.05) is 10.6 Å². The number of para-hydroxylation sites is 1. The zero-order chi connectivity index (χ0) is 24.1. The molecular weight excluding hydrogens is 452 g/mol. The Morgan fingerprint density at radius 1 is 0.912 bits per heavy atom. The molecule has 8 heteroatoms. The maximum absolute atomic E-state index is 13.0. The Kier molecular flexibility index (Phi) is 7.27. The molecule has 1 aromatic heterocycles. The second kappa shape index (κ2) is 10.5. The second-order valence-electron chi connectivity index (χ2n) is 8.07. The van der Waals surface area contributed by atoms with Crippen LogP contribution in [0.5, 0.6) is 11.5 Å². The summed E-state index contributed by atoms with van der Waals surface area (Å²) in [5.41, 5.74) is 1.85. The number of carbonyl (C=O) groups is 3. The molecule has 7 nitrogen and oxygen atoms in total. The summed E-state index contributed by atoms with van der Waals surface area (Å²) in [6.45, 7) is 2.93. The van der Waals surface area contributed by atoms with Gasteiger partial charge in [0.25, 0.3) is 5.91 Å². The molecular formula is C26H26N2O5S. The van der Waals surface area contributed by atoms with Gasteiger partial charge in [-0.2, -0.15) is 0 Å². The molecule has 1 aliphatic rings. The highest BCUT2D eigenvalue weighted by molar-refractivity contribution is 7.17. The maximum atomic E-state index is 13.0. The summed E-state index contributed by atoms with van der Waals surface area (Å²) >= 11 is 1.41. The van der Waals surface area contributed by atoms with Gasteiger partial charge in [0, 0.05) is 17.5 Å². The number of hydrogen-bond donors (Lipinski definition) is 2. The summed E-state index contributed by atoms with van der Waals surface area (Å²) in [5.74, 6) is 0.0521. The van der Waals surface area contributed by atoms with Crippen molar-refractivity contribution in [2.24, 2.45) is 0 Å². The van der Waals surface area contributed by atoms with Crippen molar-refractivity contribution in [1.82, 2.24) is 0 Å². The largest absolute Gasteiger partial charge is 0.457 e. The van der Waals surface area contributed by atoms with E-state index in [9.17, 15) is 14.4 Å². The molecule has 2 amide bonds. The SMILES string of the molecule is CC(=O)Nc1sc2c(c1C(=O)O[C@H](C)C(=O)Nc1ccc(Oc3ccccc3)cc1)CCCC2. The zero-order valence-electron chi connectivity index (χ0n) is 19.1. The van der Waals surface area contributed by atoms with E-state index in [4.69, 9.17) is 9.47 Å². The van der Waals surface area contributed by atoms with Crippen LogP contribution in [0.3, 0.4) is 0 Å². The molecule has 4 rings (SSSR count). The average Bonchev–Trinajstić information content (AvgIpc) is 3.18. The predicted octanol–water partition coefficient (Wildman–Crippen LogP) is 5.56. The van der Waals surface area contributed by atoms with Crippen LogP contribution < -0.4 is 15.4 Å². The van der Waals surface area contributed by atoms with Crippen LogP contribution in [0.2, 0.25) is 0 Å². The van der Waals surface area contributed by atoms with Crippen LogP contribution in [0.25, 0.3) is 0 Å². The van der Waals surface area contributed by atoms with Gasteiger partial charge in [-0.05, 0) is 74.6 Å². The molecule has 0 fully saturated rings. The number of nitrogens with one attached hydrogen (secondary N) is 2. The Hall–Kier alpha value is -3.65. The second-order valence-corrected chi connectivity index (χ2v) is 9.18. The third-order valence-corrected chi connectivity index (χ3v) is 6.63. The Labute approximate surface area is 202 Å². The quantitative estimate of drug-likeness (QED) is 0.434. The van der Waals surface area contributed by atoms with Crippen molar-refractivity contribution in [3.8, 4) is 11.5 Å². The van der Waals surface area contributed by atoms with Crippen molar-refractivity contribution in [3.63, 3.8) is 0 Å². The van der Waals surface area contributed by atoms with Gasteiger partial charge in [-0.1, -0.05) is 18.2 Å². The molecule has 0 unspecified atom stereocenters. The zero-order valence-corrected chi connectivity index (χ0v) is 19.9. The van der Waals surface area contributed by atoms with Gasteiger partial charge in [0.2, 0.25) is 5.91 Å². The Morgan fingerprint density at radius 3 is 2.29 bits per heavy atom. The van der Waals surface area contributed by atoms with E-state index in [2.05, 4.69) is 10.6 Å². The van der Waals surface area contributed by atoms with Crippen LogP contribution >= 0.6 is 11.3 Å². The lowest BCUT2D eigenvalue weighted by Gasteiger charge is -2.16. The van der Waals surface area contributed by atoms with E-state index in [1.807, 2.05) is 30.3 Å². The Balaban J connectivity index is 1.39. The molecule has 1 aliphatic carbocycles. The van der Waals surface area contributed by atoms with Crippen LogP contribution in [-0.2, 0) is 27.2 Å². The number of amides is 2. The van der Waals surface area contributed by atoms with Crippen molar-refractivity contribution < 1.29 is 23.9 Å². The van der Waals surface area contributed by atoms with Gasteiger partial charge in [0.05, 0.1) is 5.56 Å². The molecule has 0 saturated carbocycles. The number of hydrogen-bond acceptors (Lipinski definition) is 6. The first-order valence-electron chi connectivity index (χ1n) is 11.2. The molecule has 2 aromatic carbocycles. The molecule has 1 heterocycles. The van der Waals surface area contributed by atoms with Crippen molar-refractivity contribution in [2.45, 2.75) is 45.6 Å². The van der Waals surface area contributed by atoms with Gasteiger partial charge >= 0.3 is 5.97 Å². The summed E-state index contributed by atoms with van der Waals surface area (Å²) in [4.78, 5) is 38.4. The number of rotatable bonds is 7. The van der Waals surface area contributed by atoms with Crippen LogP contribution in [0.4, 0.5) is 10.7 Å². The minimum atomic E-state index is -1.02. The first kappa shape index (κ1) is 23.5. The van der Waals surface area contributed by atoms with Gasteiger partial charge in [0.15, 0.2) is 6.10 Å². The fourth-order valence-corrected chi connectivity index (χ4v) is 5.10. The number of benzene rings is 2. The fraction of sp³-hybridized carbons (Fsp3) is 0.269. The topological polar surface area (TPSA) is 93.7 Å². The van der Waals surface area contributed by atoms with E-state index in [-0.39, 0.29) is 5.91 Å². The standard InChI is InChI=1S/C26H26N2O5S/c1-16(24(30)28-18-12-14-20(15-13-18)33-19-8-4-3-5-9-19)32-26(31)23-21-10-6-7-11-22(21)34-25(23)27-17(2)29/h3-5,8-9,12-16H,6-7,10-11H2,1-2H3,(H,27,29)(H,28,30)/t16-/m1/s1. The summed E-state index contributed by atoms with van der Waals surface area (Å²) in [5, 5.41) is 5.99. The molecule has 0 aliphatic heterocycles. The third kappa shape index (κ3) is 5.63. The van der Waals surface area contributed by atoms with Crippen LogP contribution in [0.15, 0.2) is 54.6 Å². The average molecular weight is 479 g/mol. The first-order chi connectivity index (χ1) is 16.4. The summed E-state index contributed by atoms with van der Waals surface area (Å²) in [6, 6.07) is 16.3. The summed E-state index contributed by atoms with van der Waals surface area (Å²) < 4.78 is 11.3. The van der Waals surface area contributed by atoms with Crippen molar-refractivity contribution >= 4 is 39.8 Å². The lowest BCUT2D eigenvalue weighted by atomic mass is 9.95. The molecule has 3 aromatic rings. The minimum Gasteiger partial charge on any atom is -0.457 e. The van der Waals surface area contributed by atoms with E-state index in [1.165, 1.54) is 25.2 Å². The molecule has 176 valence electrons. The van der Waals surface area contributed by atoms with E-state index in [0.717, 1.165) is 36.1 Å².